The predicted octanol–water partition coefficient (Wildman–Crippen LogP) is 2.64. The number of halogens is 1. The molecular formula is C12H19ClN2O. The van der Waals surface area contributed by atoms with E-state index in [1.165, 1.54) is 0 Å². The number of hydrogen-bond acceptors (Lipinski definition) is 3. The van der Waals surface area contributed by atoms with E-state index in [9.17, 15) is 0 Å². The molecule has 16 heavy (non-hydrogen) atoms. The first-order chi connectivity index (χ1) is 7.84. The normalized spacial score (nSPS) is 10.6. The van der Waals surface area contributed by atoms with E-state index in [1.54, 1.807) is 6.20 Å². The lowest BCUT2D eigenvalue weighted by atomic mass is 10.2. The van der Waals surface area contributed by atoms with Gasteiger partial charge in [-0.15, -0.1) is 0 Å². The van der Waals surface area contributed by atoms with Crippen LogP contribution in [0, 0.1) is 0 Å². The fourth-order valence-corrected chi connectivity index (χ4v) is 1.56. The summed E-state index contributed by atoms with van der Waals surface area (Å²) in [4.78, 5) is 4.02. The van der Waals surface area contributed by atoms with Gasteiger partial charge in [0.25, 0.3) is 0 Å². The zero-order valence-electron chi connectivity index (χ0n) is 9.71. The molecule has 0 unspecified atom stereocenters. The summed E-state index contributed by atoms with van der Waals surface area (Å²) in [6.45, 7) is 5.44. The van der Waals surface area contributed by atoms with Gasteiger partial charge in [0, 0.05) is 31.5 Å². The number of nitrogens with zero attached hydrogens (tertiary/aromatic N) is 1. The monoisotopic (exact) mass is 242 g/mol. The number of unbranched alkanes of at least 4 members (excludes halogenated alkanes) is 1. The van der Waals surface area contributed by atoms with Crippen molar-refractivity contribution in [1.82, 2.24) is 10.3 Å². The van der Waals surface area contributed by atoms with Crippen molar-refractivity contribution in [3.05, 3.63) is 29.0 Å². The average Bonchev–Trinajstić information content (AvgIpc) is 2.30. The standard InChI is InChI=1S/C12H19ClN2O/c1-2-16-9-4-3-7-14-10-11-6-5-8-15-12(11)13/h5-6,8,14H,2-4,7,9-10H2,1H3. The van der Waals surface area contributed by atoms with Gasteiger partial charge in [-0.3, -0.25) is 0 Å². The lowest BCUT2D eigenvalue weighted by molar-refractivity contribution is 0.143. The maximum Gasteiger partial charge on any atom is 0.133 e. The van der Waals surface area contributed by atoms with Crippen LogP contribution in [-0.4, -0.2) is 24.7 Å². The summed E-state index contributed by atoms with van der Waals surface area (Å²) in [7, 11) is 0. The minimum absolute atomic E-state index is 0.587. The maximum absolute atomic E-state index is 5.93. The van der Waals surface area contributed by atoms with Crippen molar-refractivity contribution in [2.24, 2.45) is 0 Å². The molecule has 0 amide bonds. The van der Waals surface area contributed by atoms with Crippen LogP contribution >= 0.6 is 11.6 Å². The van der Waals surface area contributed by atoms with E-state index < -0.39 is 0 Å². The predicted molar refractivity (Wildman–Crippen MR) is 66.7 cm³/mol. The quantitative estimate of drug-likeness (QED) is 0.562. The van der Waals surface area contributed by atoms with Gasteiger partial charge in [0.05, 0.1) is 0 Å². The molecule has 0 aliphatic carbocycles. The van der Waals surface area contributed by atoms with Gasteiger partial charge in [-0.2, -0.15) is 0 Å². The Morgan fingerprint density at radius 2 is 2.31 bits per heavy atom. The van der Waals surface area contributed by atoms with Crippen molar-refractivity contribution in [2.45, 2.75) is 26.3 Å². The Morgan fingerprint density at radius 1 is 1.44 bits per heavy atom. The SMILES string of the molecule is CCOCCCCNCc1cccnc1Cl. The number of pyridine rings is 1. The number of rotatable bonds is 8. The molecule has 1 heterocycles. The number of ether oxygens (including phenoxy) is 1. The number of hydrogen-bond donors (Lipinski definition) is 1. The summed E-state index contributed by atoms with van der Waals surface area (Å²) >= 11 is 5.93. The fourth-order valence-electron chi connectivity index (χ4n) is 1.37. The minimum atomic E-state index is 0.587. The molecule has 4 heteroatoms. The summed E-state index contributed by atoms with van der Waals surface area (Å²) in [5.74, 6) is 0. The van der Waals surface area contributed by atoms with E-state index in [2.05, 4.69) is 10.3 Å². The van der Waals surface area contributed by atoms with Crippen LogP contribution in [0.5, 0.6) is 0 Å². The molecule has 1 aromatic heterocycles. The van der Waals surface area contributed by atoms with Gasteiger partial charge in [-0.05, 0) is 32.4 Å². The van der Waals surface area contributed by atoms with Crippen LogP contribution in [0.15, 0.2) is 18.3 Å². The lowest BCUT2D eigenvalue weighted by Crippen LogP contribution is -2.15. The minimum Gasteiger partial charge on any atom is -0.382 e. The van der Waals surface area contributed by atoms with Gasteiger partial charge in [0.2, 0.25) is 0 Å². The van der Waals surface area contributed by atoms with Crippen molar-refractivity contribution in [2.75, 3.05) is 19.8 Å². The van der Waals surface area contributed by atoms with E-state index >= 15 is 0 Å². The first kappa shape index (κ1) is 13.4. The number of aromatic nitrogens is 1. The van der Waals surface area contributed by atoms with Crippen LogP contribution in [0.4, 0.5) is 0 Å². The molecule has 90 valence electrons. The van der Waals surface area contributed by atoms with Crippen LogP contribution in [0.2, 0.25) is 5.15 Å². The largest absolute Gasteiger partial charge is 0.382 e. The highest BCUT2D eigenvalue weighted by atomic mass is 35.5. The van der Waals surface area contributed by atoms with E-state index in [1.807, 2.05) is 19.1 Å². The molecule has 1 aromatic rings. The highest BCUT2D eigenvalue weighted by Crippen LogP contribution is 2.10. The molecule has 3 nitrogen and oxygen atoms in total. The first-order valence-corrected chi connectivity index (χ1v) is 6.10. The van der Waals surface area contributed by atoms with Crippen molar-refractivity contribution in [1.29, 1.82) is 0 Å². The first-order valence-electron chi connectivity index (χ1n) is 5.72. The smallest absolute Gasteiger partial charge is 0.133 e. The van der Waals surface area contributed by atoms with Crippen LogP contribution in [0.1, 0.15) is 25.3 Å². The fraction of sp³-hybridized carbons (Fsp3) is 0.583. The molecule has 0 fully saturated rings. The third-order valence-corrected chi connectivity index (χ3v) is 2.59. The van der Waals surface area contributed by atoms with Crippen LogP contribution in [0.25, 0.3) is 0 Å². The van der Waals surface area contributed by atoms with Gasteiger partial charge in [0.1, 0.15) is 5.15 Å². The molecule has 0 bridgehead atoms. The van der Waals surface area contributed by atoms with Gasteiger partial charge >= 0.3 is 0 Å². The van der Waals surface area contributed by atoms with Crippen LogP contribution in [-0.2, 0) is 11.3 Å². The molecule has 0 atom stereocenters. The van der Waals surface area contributed by atoms with E-state index in [0.29, 0.717) is 5.15 Å². The van der Waals surface area contributed by atoms with Crippen LogP contribution < -0.4 is 5.32 Å². The summed E-state index contributed by atoms with van der Waals surface area (Å²) in [5, 5.41) is 3.93. The second-order valence-electron chi connectivity index (χ2n) is 3.53. The Hall–Kier alpha value is -0.640. The summed E-state index contributed by atoms with van der Waals surface area (Å²) in [6.07, 6.45) is 3.92. The molecule has 0 aliphatic heterocycles. The van der Waals surface area contributed by atoms with Gasteiger partial charge in [-0.25, -0.2) is 4.98 Å². The molecule has 0 spiro atoms. The molecule has 1 rings (SSSR count). The highest BCUT2D eigenvalue weighted by Gasteiger charge is 1.98. The Labute approximate surface area is 102 Å². The molecular weight excluding hydrogens is 224 g/mol. The number of nitrogens with one attached hydrogen (secondary N) is 1. The van der Waals surface area contributed by atoms with Gasteiger partial charge in [0.15, 0.2) is 0 Å². The summed E-state index contributed by atoms with van der Waals surface area (Å²) in [5.41, 5.74) is 1.05. The molecule has 1 N–H and O–H groups in total. The maximum atomic E-state index is 5.93. The topological polar surface area (TPSA) is 34.1 Å². The van der Waals surface area contributed by atoms with E-state index in [4.69, 9.17) is 16.3 Å². The van der Waals surface area contributed by atoms with Crippen molar-refractivity contribution < 1.29 is 4.74 Å². The zero-order valence-corrected chi connectivity index (χ0v) is 10.5. The van der Waals surface area contributed by atoms with Crippen molar-refractivity contribution in [3.8, 4) is 0 Å². The van der Waals surface area contributed by atoms with Gasteiger partial charge in [-0.1, -0.05) is 17.7 Å². The van der Waals surface area contributed by atoms with E-state index in [0.717, 1.165) is 44.7 Å². The van der Waals surface area contributed by atoms with E-state index in [-0.39, 0.29) is 0 Å². The Bertz CT molecular complexity index is 294. The third-order valence-electron chi connectivity index (χ3n) is 2.25. The second kappa shape index (κ2) is 8.50. The zero-order chi connectivity index (χ0) is 11.6. The molecule has 0 radical (unpaired) electrons. The Balaban J connectivity index is 2.05. The van der Waals surface area contributed by atoms with Crippen molar-refractivity contribution in [3.63, 3.8) is 0 Å². The average molecular weight is 243 g/mol. The summed E-state index contributed by atoms with van der Waals surface area (Å²) in [6, 6.07) is 3.89. The highest BCUT2D eigenvalue weighted by molar-refractivity contribution is 6.30. The summed E-state index contributed by atoms with van der Waals surface area (Å²) < 4.78 is 5.26. The molecule has 0 aromatic carbocycles. The Kier molecular flexibility index (Phi) is 7.14. The van der Waals surface area contributed by atoms with Crippen molar-refractivity contribution >= 4 is 11.6 Å². The van der Waals surface area contributed by atoms with Crippen LogP contribution in [0.3, 0.4) is 0 Å². The third kappa shape index (κ3) is 5.45. The van der Waals surface area contributed by atoms with Gasteiger partial charge < -0.3 is 10.1 Å². The Morgan fingerprint density at radius 3 is 3.06 bits per heavy atom. The molecule has 0 aliphatic rings. The molecule has 0 saturated heterocycles. The lowest BCUT2D eigenvalue weighted by Gasteiger charge is -2.06. The molecule has 0 saturated carbocycles. The second-order valence-corrected chi connectivity index (χ2v) is 3.89.